The van der Waals surface area contributed by atoms with Gasteiger partial charge in [0.2, 0.25) is 70.9 Å². The number of rotatable bonds is 40. The number of thioether (sulfide) groups is 1. The van der Waals surface area contributed by atoms with Crippen molar-refractivity contribution >= 4 is 114 Å². The molecule has 0 aromatic rings. The summed E-state index contributed by atoms with van der Waals surface area (Å²) in [7, 11) is 0. The van der Waals surface area contributed by atoms with E-state index in [-0.39, 0.29) is 55.6 Å². The van der Waals surface area contributed by atoms with Crippen molar-refractivity contribution in [2.24, 2.45) is 35.3 Å². The Bertz CT molecular complexity index is 2370. The average molecular weight is 1310 g/mol. The zero-order valence-electron chi connectivity index (χ0n) is 52.7. The van der Waals surface area contributed by atoms with E-state index in [4.69, 9.17) is 5.73 Å². The van der Waals surface area contributed by atoms with Crippen molar-refractivity contribution in [3.05, 3.63) is 0 Å². The van der Waals surface area contributed by atoms with E-state index in [1.54, 1.807) is 61.6 Å². The first-order valence-corrected chi connectivity index (χ1v) is 32.4. The van der Waals surface area contributed by atoms with Crippen LogP contribution in [0.25, 0.3) is 0 Å². The number of nitrogens with one attached hydrogen (secondary N) is 11. The Kier molecular flexibility index (Phi) is 37.0. The van der Waals surface area contributed by atoms with Crippen molar-refractivity contribution in [2.75, 3.05) is 49.8 Å². The van der Waals surface area contributed by atoms with E-state index in [0.29, 0.717) is 25.0 Å². The molecule has 0 unspecified atom stereocenters. The third kappa shape index (κ3) is 27.0. The van der Waals surface area contributed by atoms with E-state index in [1.807, 2.05) is 13.8 Å². The lowest BCUT2D eigenvalue weighted by Gasteiger charge is -2.32. The highest BCUT2D eigenvalue weighted by atomic mass is 32.2. The highest BCUT2D eigenvalue weighted by Crippen LogP contribution is 2.21. The summed E-state index contributed by atoms with van der Waals surface area (Å²) < 4.78 is 0. The van der Waals surface area contributed by atoms with Crippen LogP contribution in [-0.2, 0) is 62.3 Å². The number of carbonyl (C=O) groups is 13. The summed E-state index contributed by atoms with van der Waals surface area (Å²) in [5, 5.41) is 57.3. The number of nitrogens with zero attached hydrogens (tertiary/aromatic N) is 1. The lowest BCUT2D eigenvalue weighted by atomic mass is 9.96. The molecule has 1 saturated heterocycles. The standard InChI is InChI=1S/C56H99N13O16S3/c1-13-30(9)43(53(81)67-42(29(7)8)51(79)63-37(25-86)55(83)69-18-15-16-39(69)50(78)68-44(31(10)14-2)52(80)64-38(26-87)56(84)85)65-40(72)22-59-48(76)35(20-27(3)4)62-54(82)45(32(11)71)66-41(73)23-58-47(75)34(17-19-88-12)60-49(77)36(21-28(5)6)61-46(74)33(57)24-70/h27-39,42-45,70-71,86-87H,13-26,57H2,1-12H3,(H,58,75)(H,59,76)(H,60,77)(H,61,74)(H,62,82)(H,63,79)(H,64,80)(H,65,72)(H,66,73)(H,67,81)(H,68,78)(H,84,85)/t30-,31-,32+,33-,34-,35-,36-,37-,38-,39-,42-,43-,44-,45-/m0/s1. The number of hydrogen-bond acceptors (Lipinski definition) is 19. The normalized spacial score (nSPS) is 17.5. The Labute approximate surface area is 531 Å². The van der Waals surface area contributed by atoms with Crippen molar-refractivity contribution in [3.63, 3.8) is 0 Å². The molecule has 88 heavy (non-hydrogen) atoms. The second-order valence-corrected chi connectivity index (χ2v) is 25.0. The molecule has 32 heteroatoms. The number of carboxylic acids is 1. The van der Waals surface area contributed by atoms with Gasteiger partial charge in [0.1, 0.15) is 66.5 Å². The van der Waals surface area contributed by atoms with Crippen LogP contribution in [0.2, 0.25) is 0 Å². The quantitative estimate of drug-likeness (QED) is 0.0269. The molecular weight excluding hydrogens is 1210 g/mol. The monoisotopic (exact) mass is 1310 g/mol. The lowest BCUT2D eigenvalue weighted by Crippen LogP contribution is -2.61. The molecule has 0 aromatic carbocycles. The van der Waals surface area contributed by atoms with E-state index in [9.17, 15) is 77.6 Å². The molecule has 502 valence electrons. The fourth-order valence-corrected chi connectivity index (χ4v) is 10.0. The maximum Gasteiger partial charge on any atom is 0.327 e. The topological polar surface area (TPSA) is 444 Å². The number of thiol groups is 2. The molecule has 1 aliphatic heterocycles. The zero-order valence-corrected chi connectivity index (χ0v) is 55.3. The van der Waals surface area contributed by atoms with Gasteiger partial charge in [-0.1, -0.05) is 82.1 Å². The van der Waals surface area contributed by atoms with Gasteiger partial charge in [0.05, 0.1) is 25.8 Å². The number of carboxylic acid groups (broad SMARTS) is 1. The highest BCUT2D eigenvalue weighted by molar-refractivity contribution is 7.98. The third-order valence-corrected chi connectivity index (χ3v) is 16.0. The molecule has 16 N–H and O–H groups in total. The molecule has 1 aliphatic rings. The van der Waals surface area contributed by atoms with Gasteiger partial charge >= 0.3 is 5.97 Å². The molecule has 0 bridgehead atoms. The SMILES string of the molecule is CC[C@H](C)[C@H](NC(=O)CNC(=O)[C@H](CC(C)C)NC(=O)[C@@H](NC(=O)CNC(=O)[C@H](CCSC)NC(=O)[C@H](CC(C)C)NC(=O)[C@@H](N)CO)[C@@H](C)O)C(=O)N[C@H](C(=O)N[C@@H](CS)C(=O)N1CCC[C@H]1C(=O)N[C@H](C(=O)N[C@@H](CS)C(=O)O)[C@@H](C)CC)C(C)C. The summed E-state index contributed by atoms with van der Waals surface area (Å²) in [5.74, 6) is -12.6. The van der Waals surface area contributed by atoms with Gasteiger partial charge in [0.15, 0.2) is 0 Å². The van der Waals surface area contributed by atoms with Gasteiger partial charge < -0.3 is 84.4 Å². The number of likely N-dealkylation sites (tertiary alicyclic amines) is 1. The Morgan fingerprint density at radius 3 is 1.45 bits per heavy atom. The molecular formula is C56H99N13O16S3. The van der Waals surface area contributed by atoms with Gasteiger partial charge in [-0.25, -0.2) is 4.79 Å². The van der Waals surface area contributed by atoms with Crippen LogP contribution in [0.4, 0.5) is 0 Å². The van der Waals surface area contributed by atoms with Crippen LogP contribution in [0.15, 0.2) is 0 Å². The predicted molar refractivity (Wildman–Crippen MR) is 336 cm³/mol. The molecule has 1 rings (SSSR count). The van der Waals surface area contributed by atoms with Crippen LogP contribution < -0.4 is 64.2 Å². The van der Waals surface area contributed by atoms with Gasteiger partial charge in [0, 0.05) is 18.1 Å². The third-order valence-electron chi connectivity index (χ3n) is 14.7. The predicted octanol–water partition coefficient (Wildman–Crippen LogP) is -3.19. The van der Waals surface area contributed by atoms with E-state index in [0.717, 1.165) is 0 Å². The molecule has 12 amide bonds. The van der Waals surface area contributed by atoms with Gasteiger partial charge in [-0.2, -0.15) is 37.0 Å². The zero-order chi connectivity index (χ0) is 67.3. The van der Waals surface area contributed by atoms with Crippen molar-refractivity contribution in [2.45, 2.75) is 194 Å². The highest BCUT2D eigenvalue weighted by Gasteiger charge is 2.41. The first-order chi connectivity index (χ1) is 41.2. The molecule has 0 aromatic heterocycles. The Morgan fingerprint density at radius 2 is 0.989 bits per heavy atom. The Balaban J connectivity index is 3.15. The van der Waals surface area contributed by atoms with Crippen LogP contribution >= 0.6 is 37.0 Å². The minimum atomic E-state index is -1.66. The number of aliphatic carboxylic acids is 1. The smallest absolute Gasteiger partial charge is 0.327 e. The van der Waals surface area contributed by atoms with Crippen molar-refractivity contribution < 1.29 is 77.6 Å². The van der Waals surface area contributed by atoms with Crippen LogP contribution in [0.5, 0.6) is 0 Å². The number of aliphatic hydroxyl groups is 2. The number of nitrogens with two attached hydrogens (primary N) is 1. The van der Waals surface area contributed by atoms with Gasteiger partial charge in [0.25, 0.3) is 0 Å². The van der Waals surface area contributed by atoms with Crippen LogP contribution in [0, 0.1) is 29.6 Å². The molecule has 0 spiro atoms. The van der Waals surface area contributed by atoms with E-state index >= 15 is 0 Å². The second kappa shape index (κ2) is 40.6. The molecule has 0 aliphatic carbocycles. The number of aliphatic hydroxyl groups excluding tert-OH is 2. The summed E-state index contributed by atoms with van der Waals surface area (Å²) in [6, 6.07) is -13.9. The Morgan fingerprint density at radius 1 is 0.557 bits per heavy atom. The molecule has 0 radical (unpaired) electrons. The average Bonchev–Trinajstić information content (AvgIpc) is 1.92. The summed E-state index contributed by atoms with van der Waals surface area (Å²) >= 11 is 9.70. The van der Waals surface area contributed by atoms with E-state index in [2.05, 4.69) is 83.7 Å². The van der Waals surface area contributed by atoms with Gasteiger partial charge in [-0.05, 0) is 80.6 Å². The summed E-state index contributed by atoms with van der Waals surface area (Å²) in [6.45, 7) is 16.6. The van der Waals surface area contributed by atoms with Crippen LogP contribution in [-0.4, -0.2) is 219 Å². The number of hydrogen-bond donors (Lipinski definition) is 17. The summed E-state index contributed by atoms with van der Waals surface area (Å²) in [6.07, 6.45) is 1.99. The van der Waals surface area contributed by atoms with E-state index in [1.165, 1.54) is 23.6 Å². The Hall–Kier alpha value is -5.96. The minimum Gasteiger partial charge on any atom is -0.480 e. The van der Waals surface area contributed by atoms with Crippen LogP contribution in [0.3, 0.4) is 0 Å². The van der Waals surface area contributed by atoms with Gasteiger partial charge in [-0.15, -0.1) is 0 Å². The summed E-state index contributed by atoms with van der Waals surface area (Å²) in [4.78, 5) is 175. The first-order valence-electron chi connectivity index (χ1n) is 29.8. The first kappa shape index (κ1) is 80.1. The fraction of sp³-hybridized carbons (Fsp3) is 0.768. The largest absolute Gasteiger partial charge is 0.480 e. The van der Waals surface area contributed by atoms with Gasteiger partial charge in [-0.3, -0.25) is 57.5 Å². The second-order valence-electron chi connectivity index (χ2n) is 23.3. The molecule has 1 fully saturated rings. The molecule has 1 heterocycles. The van der Waals surface area contributed by atoms with Crippen molar-refractivity contribution in [1.82, 2.24) is 63.4 Å². The molecule has 0 saturated carbocycles. The van der Waals surface area contributed by atoms with Crippen LogP contribution in [0.1, 0.15) is 121 Å². The fourth-order valence-electron chi connectivity index (χ4n) is 9.07. The molecule has 14 atom stereocenters. The lowest BCUT2D eigenvalue weighted by molar-refractivity contribution is -0.143. The summed E-state index contributed by atoms with van der Waals surface area (Å²) in [5.41, 5.74) is 5.63. The maximum atomic E-state index is 14.1. The minimum absolute atomic E-state index is 0.0208. The number of amides is 12. The van der Waals surface area contributed by atoms with Crippen molar-refractivity contribution in [1.29, 1.82) is 0 Å². The molecule has 29 nitrogen and oxygen atoms in total. The van der Waals surface area contributed by atoms with Crippen molar-refractivity contribution in [3.8, 4) is 0 Å². The number of carbonyl (C=O) groups excluding carboxylic acids is 12. The van der Waals surface area contributed by atoms with E-state index < -0.39 is 187 Å². The maximum absolute atomic E-state index is 14.1.